The van der Waals surface area contributed by atoms with Crippen molar-refractivity contribution in [3.63, 3.8) is 0 Å². The Morgan fingerprint density at radius 1 is 1.62 bits per heavy atom. The lowest BCUT2D eigenvalue weighted by atomic mass is 10.2. The minimum atomic E-state index is 0.0352. The highest BCUT2D eigenvalue weighted by Crippen LogP contribution is 2.12. The molecule has 0 N–H and O–H groups in total. The van der Waals surface area contributed by atoms with E-state index < -0.39 is 0 Å². The molecule has 1 radical (unpaired) electrons. The summed E-state index contributed by atoms with van der Waals surface area (Å²) in [5, 5.41) is 10.0. The molecule has 1 nitrogen and oxygen atoms in total. The van der Waals surface area contributed by atoms with E-state index in [1.807, 2.05) is 12.2 Å². The lowest BCUT2D eigenvalue weighted by Crippen LogP contribution is -1.81. The molecule has 0 fully saturated rings. The number of allylic oxidation sites excluding steroid dienone is 3. The van der Waals surface area contributed by atoms with Gasteiger partial charge >= 0.3 is 0 Å². The van der Waals surface area contributed by atoms with Crippen LogP contribution in [-0.4, -0.2) is 6.61 Å². The fourth-order valence-electron chi connectivity index (χ4n) is 0.808. The Hall–Kier alpha value is -0.560. The summed E-state index contributed by atoms with van der Waals surface area (Å²) in [7, 11) is 0. The zero-order chi connectivity index (χ0) is 5.82. The molecular weight excluding hydrogens is 100 g/mol. The highest BCUT2D eigenvalue weighted by molar-refractivity contribution is 5.22. The molecule has 1 aliphatic rings. The van der Waals surface area contributed by atoms with Crippen molar-refractivity contribution >= 4 is 0 Å². The second kappa shape index (κ2) is 2.68. The molecule has 0 spiro atoms. The van der Waals surface area contributed by atoms with Crippen LogP contribution in [0.4, 0.5) is 0 Å². The average Bonchev–Trinajstić information content (AvgIpc) is 2.19. The molecule has 0 aliphatic heterocycles. The van der Waals surface area contributed by atoms with Crippen LogP contribution in [0.1, 0.15) is 12.8 Å². The smallest absolute Gasteiger partial charge is 0.0859 e. The summed E-state index contributed by atoms with van der Waals surface area (Å²) in [4.78, 5) is 0. The summed E-state index contributed by atoms with van der Waals surface area (Å²) in [6.07, 6.45) is 7.84. The molecule has 0 saturated heterocycles. The Bertz CT molecular complexity index is 122. The maximum atomic E-state index is 10.0. The van der Waals surface area contributed by atoms with Crippen LogP contribution in [0.15, 0.2) is 23.8 Å². The van der Waals surface area contributed by atoms with E-state index in [0.717, 1.165) is 12.8 Å². The van der Waals surface area contributed by atoms with Gasteiger partial charge in [-0.3, -0.25) is 0 Å². The van der Waals surface area contributed by atoms with Crippen LogP contribution in [0.3, 0.4) is 0 Å². The summed E-state index contributed by atoms with van der Waals surface area (Å²) in [5.74, 6) is 0. The van der Waals surface area contributed by atoms with Gasteiger partial charge in [-0.25, -0.2) is 5.11 Å². The summed E-state index contributed by atoms with van der Waals surface area (Å²) in [6, 6.07) is 0. The minimum Gasteiger partial charge on any atom is -0.236 e. The second-order valence-electron chi connectivity index (χ2n) is 1.91. The van der Waals surface area contributed by atoms with E-state index in [0.29, 0.717) is 0 Å². The van der Waals surface area contributed by atoms with Crippen molar-refractivity contribution in [2.75, 3.05) is 6.61 Å². The van der Waals surface area contributed by atoms with Crippen molar-refractivity contribution < 1.29 is 5.11 Å². The van der Waals surface area contributed by atoms with Crippen LogP contribution >= 0.6 is 0 Å². The standard InChI is InChI=1S/C7H9O/c8-6-5-7-3-1-2-4-7/h1-3H,4-6H2. The van der Waals surface area contributed by atoms with E-state index in [9.17, 15) is 5.11 Å². The lowest BCUT2D eigenvalue weighted by molar-refractivity contribution is 0.196. The van der Waals surface area contributed by atoms with Crippen LogP contribution in [0, 0.1) is 0 Å². The Morgan fingerprint density at radius 2 is 2.50 bits per heavy atom. The molecule has 0 amide bonds. The summed E-state index contributed by atoms with van der Waals surface area (Å²) in [5.41, 5.74) is 1.28. The maximum absolute atomic E-state index is 10.0. The molecule has 0 aromatic heterocycles. The van der Waals surface area contributed by atoms with Gasteiger partial charge in [-0.2, -0.15) is 0 Å². The molecule has 0 aromatic carbocycles. The predicted molar refractivity (Wildman–Crippen MR) is 32.0 cm³/mol. The molecule has 0 aromatic rings. The number of hydrogen-bond donors (Lipinski definition) is 0. The van der Waals surface area contributed by atoms with Gasteiger partial charge < -0.3 is 0 Å². The van der Waals surface area contributed by atoms with Crippen molar-refractivity contribution in [1.29, 1.82) is 0 Å². The van der Waals surface area contributed by atoms with Gasteiger partial charge in [-0.1, -0.05) is 23.8 Å². The quantitative estimate of drug-likeness (QED) is 0.514. The minimum absolute atomic E-state index is 0.0352. The van der Waals surface area contributed by atoms with Crippen molar-refractivity contribution in [3.05, 3.63) is 23.8 Å². The maximum Gasteiger partial charge on any atom is 0.0859 e. The molecule has 1 heteroatoms. The summed E-state index contributed by atoms with van der Waals surface area (Å²) < 4.78 is 0. The molecular formula is C7H9O. The second-order valence-corrected chi connectivity index (χ2v) is 1.91. The van der Waals surface area contributed by atoms with E-state index in [1.165, 1.54) is 5.57 Å². The molecule has 1 rings (SSSR count). The Morgan fingerprint density at radius 3 is 3.00 bits per heavy atom. The first kappa shape index (κ1) is 5.57. The molecule has 0 saturated carbocycles. The third-order valence-electron chi connectivity index (χ3n) is 1.27. The Labute approximate surface area is 49.3 Å². The molecule has 43 valence electrons. The van der Waals surface area contributed by atoms with Crippen molar-refractivity contribution in [1.82, 2.24) is 0 Å². The van der Waals surface area contributed by atoms with Gasteiger partial charge in [0.15, 0.2) is 0 Å². The summed E-state index contributed by atoms with van der Waals surface area (Å²) >= 11 is 0. The van der Waals surface area contributed by atoms with Gasteiger partial charge in [0.2, 0.25) is 0 Å². The van der Waals surface area contributed by atoms with Crippen LogP contribution in [0.5, 0.6) is 0 Å². The van der Waals surface area contributed by atoms with E-state index >= 15 is 0 Å². The molecule has 0 unspecified atom stereocenters. The molecule has 0 bridgehead atoms. The fraction of sp³-hybridized carbons (Fsp3) is 0.429. The van der Waals surface area contributed by atoms with Crippen LogP contribution < -0.4 is 0 Å². The molecule has 1 aliphatic carbocycles. The van der Waals surface area contributed by atoms with Gasteiger partial charge in [0.05, 0.1) is 6.61 Å². The average molecular weight is 109 g/mol. The SMILES string of the molecule is [O]CCC1=CC=CC1. The van der Waals surface area contributed by atoms with Gasteiger partial charge in [0.1, 0.15) is 0 Å². The monoisotopic (exact) mass is 109 g/mol. The van der Waals surface area contributed by atoms with E-state index in [2.05, 4.69) is 6.08 Å². The van der Waals surface area contributed by atoms with E-state index in [-0.39, 0.29) is 6.61 Å². The zero-order valence-corrected chi connectivity index (χ0v) is 4.76. The molecule has 0 atom stereocenters. The molecule has 8 heavy (non-hydrogen) atoms. The third-order valence-corrected chi connectivity index (χ3v) is 1.27. The highest BCUT2D eigenvalue weighted by Gasteiger charge is 1.96. The van der Waals surface area contributed by atoms with E-state index in [4.69, 9.17) is 0 Å². The predicted octanol–water partition coefficient (Wildman–Crippen LogP) is 1.69. The Balaban J connectivity index is 2.28. The van der Waals surface area contributed by atoms with Gasteiger partial charge in [-0.05, 0) is 12.8 Å². The topological polar surface area (TPSA) is 19.9 Å². The van der Waals surface area contributed by atoms with E-state index in [1.54, 1.807) is 0 Å². The Kier molecular flexibility index (Phi) is 1.86. The normalized spacial score (nSPS) is 16.9. The first-order chi connectivity index (χ1) is 3.93. The lowest BCUT2D eigenvalue weighted by Gasteiger charge is -1.91. The third kappa shape index (κ3) is 1.20. The first-order valence-corrected chi connectivity index (χ1v) is 2.86. The van der Waals surface area contributed by atoms with Crippen molar-refractivity contribution in [2.45, 2.75) is 12.8 Å². The molecule has 0 heterocycles. The number of rotatable bonds is 2. The van der Waals surface area contributed by atoms with Crippen molar-refractivity contribution in [3.8, 4) is 0 Å². The zero-order valence-electron chi connectivity index (χ0n) is 4.76. The van der Waals surface area contributed by atoms with Gasteiger partial charge in [0, 0.05) is 0 Å². The number of hydrogen-bond acceptors (Lipinski definition) is 0. The summed E-state index contributed by atoms with van der Waals surface area (Å²) in [6.45, 7) is 0.0352. The van der Waals surface area contributed by atoms with Gasteiger partial charge in [-0.15, -0.1) is 0 Å². The van der Waals surface area contributed by atoms with Crippen LogP contribution in [-0.2, 0) is 5.11 Å². The van der Waals surface area contributed by atoms with Gasteiger partial charge in [0.25, 0.3) is 0 Å². The highest BCUT2D eigenvalue weighted by atomic mass is 16.2. The van der Waals surface area contributed by atoms with Crippen molar-refractivity contribution in [2.24, 2.45) is 0 Å². The van der Waals surface area contributed by atoms with Crippen LogP contribution in [0.25, 0.3) is 0 Å². The largest absolute Gasteiger partial charge is 0.236 e. The first-order valence-electron chi connectivity index (χ1n) is 2.86. The van der Waals surface area contributed by atoms with Crippen LogP contribution in [0.2, 0.25) is 0 Å². The fourth-order valence-corrected chi connectivity index (χ4v) is 0.808.